The summed E-state index contributed by atoms with van der Waals surface area (Å²) in [4.78, 5) is 21.7. The van der Waals surface area contributed by atoms with Crippen LogP contribution in [0.2, 0.25) is 0 Å². The number of aromatic nitrogens is 1. The van der Waals surface area contributed by atoms with E-state index in [1.165, 1.54) is 9.71 Å². The quantitative estimate of drug-likeness (QED) is 0.753. The molecular weight excluding hydrogens is 356 g/mol. The topological polar surface area (TPSA) is 48.5 Å². The molecule has 1 aromatic heterocycles. The number of para-hydroxylation sites is 1. The Hall–Kier alpha value is -1.50. The number of hydrogen-bond acceptors (Lipinski definition) is 5. The SMILES string of the molecule is CC(C)CC[C@H](C)NC(=O)CN1CCN(Cc2nc3ccccc3s2)CC1. The van der Waals surface area contributed by atoms with Crippen molar-refractivity contribution in [1.82, 2.24) is 20.1 Å². The van der Waals surface area contributed by atoms with Crippen LogP contribution < -0.4 is 5.32 Å². The van der Waals surface area contributed by atoms with Crippen molar-refractivity contribution in [3.63, 3.8) is 0 Å². The molecule has 3 rings (SSSR count). The van der Waals surface area contributed by atoms with Crippen molar-refractivity contribution in [2.45, 2.75) is 46.2 Å². The molecule has 1 N–H and O–H groups in total. The van der Waals surface area contributed by atoms with E-state index >= 15 is 0 Å². The molecule has 5 nitrogen and oxygen atoms in total. The summed E-state index contributed by atoms with van der Waals surface area (Å²) < 4.78 is 1.26. The highest BCUT2D eigenvalue weighted by Crippen LogP contribution is 2.23. The fraction of sp³-hybridized carbons (Fsp3) is 0.619. The summed E-state index contributed by atoms with van der Waals surface area (Å²) in [7, 11) is 0. The average Bonchev–Trinajstić information content (AvgIpc) is 3.04. The first-order valence-corrected chi connectivity index (χ1v) is 10.9. The Balaban J connectivity index is 1.39. The van der Waals surface area contributed by atoms with Crippen LogP contribution >= 0.6 is 11.3 Å². The first-order chi connectivity index (χ1) is 13.0. The number of carbonyl (C=O) groups is 1. The highest BCUT2D eigenvalue weighted by atomic mass is 32.1. The van der Waals surface area contributed by atoms with E-state index in [0.717, 1.165) is 51.1 Å². The number of nitrogens with one attached hydrogen (secondary N) is 1. The molecule has 1 fully saturated rings. The summed E-state index contributed by atoms with van der Waals surface area (Å²) in [5.41, 5.74) is 1.10. The molecule has 0 bridgehead atoms. The predicted octanol–water partition coefficient (Wildman–Crippen LogP) is 3.35. The maximum absolute atomic E-state index is 12.3. The highest BCUT2D eigenvalue weighted by molar-refractivity contribution is 7.18. The Labute approximate surface area is 166 Å². The highest BCUT2D eigenvalue weighted by Gasteiger charge is 2.20. The minimum absolute atomic E-state index is 0.158. The lowest BCUT2D eigenvalue weighted by molar-refractivity contribution is -0.123. The van der Waals surface area contributed by atoms with E-state index in [-0.39, 0.29) is 11.9 Å². The first-order valence-electron chi connectivity index (χ1n) is 10.1. The maximum atomic E-state index is 12.3. The van der Waals surface area contributed by atoms with Crippen LogP contribution in [-0.4, -0.2) is 59.5 Å². The second-order valence-electron chi connectivity index (χ2n) is 8.07. The van der Waals surface area contributed by atoms with Crippen LogP contribution in [0.5, 0.6) is 0 Å². The number of carbonyl (C=O) groups excluding carboxylic acids is 1. The van der Waals surface area contributed by atoms with Crippen LogP contribution in [0.3, 0.4) is 0 Å². The fourth-order valence-electron chi connectivity index (χ4n) is 3.46. The Morgan fingerprint density at radius 3 is 2.52 bits per heavy atom. The number of fused-ring (bicyclic) bond motifs is 1. The van der Waals surface area contributed by atoms with Gasteiger partial charge in [0.2, 0.25) is 5.91 Å². The summed E-state index contributed by atoms with van der Waals surface area (Å²) in [6.07, 6.45) is 2.21. The minimum atomic E-state index is 0.158. The van der Waals surface area contributed by atoms with Crippen LogP contribution in [0, 0.1) is 5.92 Å². The summed E-state index contributed by atoms with van der Waals surface area (Å²) in [6, 6.07) is 8.58. The number of amides is 1. The van der Waals surface area contributed by atoms with Gasteiger partial charge in [-0.2, -0.15) is 0 Å². The normalized spacial score (nSPS) is 17.5. The largest absolute Gasteiger partial charge is 0.353 e. The van der Waals surface area contributed by atoms with Gasteiger partial charge in [0.25, 0.3) is 0 Å². The Morgan fingerprint density at radius 2 is 1.81 bits per heavy atom. The van der Waals surface area contributed by atoms with Crippen LogP contribution in [0.4, 0.5) is 0 Å². The van der Waals surface area contributed by atoms with Crippen molar-refractivity contribution in [3.8, 4) is 0 Å². The number of benzene rings is 1. The van der Waals surface area contributed by atoms with Gasteiger partial charge in [0.15, 0.2) is 0 Å². The smallest absolute Gasteiger partial charge is 0.234 e. The average molecular weight is 389 g/mol. The van der Waals surface area contributed by atoms with E-state index in [1.807, 2.05) is 6.07 Å². The van der Waals surface area contributed by atoms with Gasteiger partial charge in [0, 0.05) is 32.2 Å². The summed E-state index contributed by atoms with van der Waals surface area (Å²) in [6.45, 7) is 11.9. The van der Waals surface area contributed by atoms with E-state index in [0.29, 0.717) is 12.5 Å². The van der Waals surface area contributed by atoms with Crippen LogP contribution in [0.1, 0.15) is 38.6 Å². The lowest BCUT2D eigenvalue weighted by Crippen LogP contribution is -2.49. The molecule has 1 amide bonds. The van der Waals surface area contributed by atoms with Crippen molar-refractivity contribution in [3.05, 3.63) is 29.3 Å². The number of hydrogen-bond donors (Lipinski definition) is 1. The second kappa shape index (κ2) is 9.62. The van der Waals surface area contributed by atoms with Crippen molar-refractivity contribution in [2.75, 3.05) is 32.7 Å². The van der Waals surface area contributed by atoms with Crippen molar-refractivity contribution in [1.29, 1.82) is 0 Å². The van der Waals surface area contributed by atoms with Crippen LogP contribution in [-0.2, 0) is 11.3 Å². The van der Waals surface area contributed by atoms with Gasteiger partial charge in [-0.15, -0.1) is 11.3 Å². The summed E-state index contributed by atoms with van der Waals surface area (Å²) in [5, 5.41) is 4.33. The Bertz CT molecular complexity index is 704. The third kappa shape index (κ3) is 6.26. The van der Waals surface area contributed by atoms with Crippen molar-refractivity contribution in [2.24, 2.45) is 5.92 Å². The molecule has 6 heteroatoms. The molecule has 1 saturated heterocycles. The number of nitrogens with zero attached hydrogens (tertiary/aromatic N) is 3. The molecule has 27 heavy (non-hydrogen) atoms. The van der Waals surface area contributed by atoms with E-state index in [4.69, 9.17) is 4.98 Å². The Kier molecular flexibility index (Phi) is 7.21. The van der Waals surface area contributed by atoms with Gasteiger partial charge >= 0.3 is 0 Å². The third-order valence-corrected chi connectivity index (χ3v) is 6.13. The standard InChI is InChI=1S/C21H32N4OS/c1-16(2)8-9-17(3)22-20(26)14-24-10-12-25(13-11-24)15-21-23-18-6-4-5-7-19(18)27-21/h4-7,16-17H,8-15H2,1-3H3,(H,22,26)/t17-/m0/s1. The summed E-state index contributed by atoms with van der Waals surface area (Å²) >= 11 is 1.79. The third-order valence-electron chi connectivity index (χ3n) is 5.11. The zero-order chi connectivity index (χ0) is 19.2. The molecule has 1 aromatic carbocycles. The fourth-order valence-corrected chi connectivity index (χ4v) is 4.47. The summed E-state index contributed by atoms with van der Waals surface area (Å²) in [5.74, 6) is 0.846. The van der Waals surface area contributed by atoms with Crippen LogP contribution in [0.25, 0.3) is 10.2 Å². The van der Waals surface area contributed by atoms with Crippen LogP contribution in [0.15, 0.2) is 24.3 Å². The molecule has 148 valence electrons. The number of thiazole rings is 1. The number of rotatable bonds is 8. The van der Waals surface area contributed by atoms with Crippen molar-refractivity contribution < 1.29 is 4.79 Å². The molecule has 0 radical (unpaired) electrons. The van der Waals surface area contributed by atoms with Gasteiger partial charge in [-0.25, -0.2) is 4.98 Å². The zero-order valence-electron chi connectivity index (χ0n) is 16.8. The van der Waals surface area contributed by atoms with Gasteiger partial charge in [-0.3, -0.25) is 14.6 Å². The molecule has 2 aromatic rings. The van der Waals surface area contributed by atoms with E-state index in [1.54, 1.807) is 11.3 Å². The minimum Gasteiger partial charge on any atom is -0.353 e. The van der Waals surface area contributed by atoms with Gasteiger partial charge < -0.3 is 5.32 Å². The molecule has 1 aliphatic heterocycles. The monoisotopic (exact) mass is 388 g/mol. The van der Waals surface area contributed by atoms with Crippen molar-refractivity contribution >= 4 is 27.5 Å². The first kappa shape index (κ1) is 20.2. The molecule has 1 atom stereocenters. The van der Waals surface area contributed by atoms with Gasteiger partial charge in [0.1, 0.15) is 5.01 Å². The van der Waals surface area contributed by atoms with Gasteiger partial charge in [-0.1, -0.05) is 26.0 Å². The zero-order valence-corrected chi connectivity index (χ0v) is 17.6. The lowest BCUT2D eigenvalue weighted by atomic mass is 10.0. The molecule has 0 unspecified atom stereocenters. The molecule has 0 aliphatic carbocycles. The number of piperazine rings is 1. The molecular formula is C21H32N4OS. The Morgan fingerprint density at radius 1 is 1.11 bits per heavy atom. The maximum Gasteiger partial charge on any atom is 0.234 e. The lowest BCUT2D eigenvalue weighted by Gasteiger charge is -2.34. The predicted molar refractivity (Wildman–Crippen MR) is 113 cm³/mol. The molecule has 2 heterocycles. The second-order valence-corrected chi connectivity index (χ2v) is 9.18. The van der Waals surface area contributed by atoms with Gasteiger partial charge in [0.05, 0.1) is 23.3 Å². The molecule has 1 aliphatic rings. The van der Waals surface area contributed by atoms with E-state index in [2.05, 4.69) is 54.1 Å². The van der Waals surface area contributed by atoms with Gasteiger partial charge in [-0.05, 0) is 37.8 Å². The van der Waals surface area contributed by atoms with E-state index in [9.17, 15) is 4.79 Å². The molecule has 0 spiro atoms. The van der Waals surface area contributed by atoms with E-state index < -0.39 is 0 Å². The molecule has 0 saturated carbocycles.